The molecular formula is C21H18N4. The lowest BCUT2D eigenvalue weighted by atomic mass is 10.0. The third-order valence-corrected chi connectivity index (χ3v) is 4.14. The van der Waals surface area contributed by atoms with Crippen LogP contribution in [0.5, 0.6) is 0 Å². The second kappa shape index (κ2) is 6.61. The van der Waals surface area contributed by atoms with E-state index in [1.807, 2.05) is 65.6 Å². The van der Waals surface area contributed by atoms with Crippen LogP contribution in [0.4, 0.5) is 5.69 Å². The van der Waals surface area contributed by atoms with Crippen LogP contribution in [-0.2, 0) is 6.54 Å². The van der Waals surface area contributed by atoms with Gasteiger partial charge < -0.3 is 5.73 Å². The molecule has 0 fully saturated rings. The van der Waals surface area contributed by atoms with E-state index in [0.29, 0.717) is 6.54 Å². The molecule has 0 atom stereocenters. The molecule has 25 heavy (non-hydrogen) atoms. The molecule has 0 saturated heterocycles. The fourth-order valence-corrected chi connectivity index (χ4v) is 2.86. The van der Waals surface area contributed by atoms with Crippen LogP contribution in [0.2, 0.25) is 0 Å². The van der Waals surface area contributed by atoms with E-state index < -0.39 is 0 Å². The molecule has 4 aromatic rings. The van der Waals surface area contributed by atoms with Crippen LogP contribution in [-0.4, -0.2) is 14.8 Å². The summed E-state index contributed by atoms with van der Waals surface area (Å²) in [5, 5.41) is 4.68. The van der Waals surface area contributed by atoms with Crippen molar-refractivity contribution in [3.05, 3.63) is 90.9 Å². The van der Waals surface area contributed by atoms with Crippen molar-refractivity contribution in [1.29, 1.82) is 0 Å². The number of nitrogens with zero attached hydrogens (tertiary/aromatic N) is 3. The second-order valence-electron chi connectivity index (χ2n) is 5.93. The Bertz CT molecular complexity index is 975. The van der Waals surface area contributed by atoms with Crippen molar-refractivity contribution in [2.75, 3.05) is 5.73 Å². The van der Waals surface area contributed by atoms with E-state index in [1.165, 1.54) is 5.56 Å². The Morgan fingerprint density at radius 2 is 1.76 bits per heavy atom. The quantitative estimate of drug-likeness (QED) is 0.571. The van der Waals surface area contributed by atoms with Gasteiger partial charge in [0.05, 0.1) is 12.2 Å². The first-order valence-corrected chi connectivity index (χ1v) is 8.17. The topological polar surface area (TPSA) is 56.7 Å². The van der Waals surface area contributed by atoms with Gasteiger partial charge >= 0.3 is 0 Å². The Balaban J connectivity index is 1.66. The van der Waals surface area contributed by atoms with Crippen LogP contribution in [0.1, 0.15) is 5.56 Å². The van der Waals surface area contributed by atoms with Crippen LogP contribution in [0, 0.1) is 0 Å². The van der Waals surface area contributed by atoms with Crippen LogP contribution >= 0.6 is 0 Å². The number of rotatable bonds is 4. The van der Waals surface area contributed by atoms with Crippen molar-refractivity contribution < 1.29 is 0 Å². The number of hydrogen-bond acceptors (Lipinski definition) is 3. The third kappa shape index (κ3) is 3.28. The monoisotopic (exact) mass is 326 g/mol. The molecule has 0 aliphatic rings. The van der Waals surface area contributed by atoms with Crippen LogP contribution in [0.3, 0.4) is 0 Å². The summed E-state index contributed by atoms with van der Waals surface area (Å²) in [4.78, 5) is 4.14. The highest BCUT2D eigenvalue weighted by atomic mass is 15.3. The maximum atomic E-state index is 6.20. The summed E-state index contributed by atoms with van der Waals surface area (Å²) in [6.07, 6.45) is 5.59. The van der Waals surface area contributed by atoms with Crippen LogP contribution < -0.4 is 5.73 Å². The molecule has 0 aliphatic carbocycles. The van der Waals surface area contributed by atoms with Gasteiger partial charge in [-0.15, -0.1) is 0 Å². The maximum absolute atomic E-state index is 6.20. The number of pyridine rings is 1. The number of aromatic nitrogens is 3. The Labute approximate surface area is 146 Å². The zero-order valence-electron chi connectivity index (χ0n) is 13.7. The normalized spacial score (nSPS) is 10.7. The van der Waals surface area contributed by atoms with Gasteiger partial charge in [-0.1, -0.05) is 42.5 Å². The lowest BCUT2D eigenvalue weighted by Crippen LogP contribution is -2.01. The molecule has 0 amide bonds. The highest BCUT2D eigenvalue weighted by Gasteiger charge is 2.09. The van der Waals surface area contributed by atoms with Crippen molar-refractivity contribution in [3.8, 4) is 22.4 Å². The van der Waals surface area contributed by atoms with Gasteiger partial charge in [0.2, 0.25) is 0 Å². The molecule has 2 heterocycles. The second-order valence-corrected chi connectivity index (χ2v) is 5.93. The van der Waals surface area contributed by atoms with E-state index >= 15 is 0 Å². The van der Waals surface area contributed by atoms with Gasteiger partial charge in [0.25, 0.3) is 0 Å². The van der Waals surface area contributed by atoms with Crippen molar-refractivity contribution in [2.45, 2.75) is 6.54 Å². The molecule has 2 aromatic carbocycles. The minimum atomic E-state index is 0.687. The Kier molecular flexibility index (Phi) is 4.01. The number of hydrogen-bond donors (Lipinski definition) is 1. The van der Waals surface area contributed by atoms with Gasteiger partial charge in [0.15, 0.2) is 0 Å². The van der Waals surface area contributed by atoms with Crippen molar-refractivity contribution in [1.82, 2.24) is 14.8 Å². The highest BCUT2D eigenvalue weighted by molar-refractivity contribution is 5.80. The fraction of sp³-hybridized carbons (Fsp3) is 0.0476. The summed E-state index contributed by atoms with van der Waals surface area (Å²) in [6, 6.07) is 22.3. The summed E-state index contributed by atoms with van der Waals surface area (Å²) >= 11 is 0. The van der Waals surface area contributed by atoms with Crippen molar-refractivity contribution in [3.63, 3.8) is 0 Å². The number of benzene rings is 2. The number of anilines is 1. The summed E-state index contributed by atoms with van der Waals surface area (Å²) in [7, 11) is 0. The van der Waals surface area contributed by atoms with Crippen LogP contribution in [0.15, 0.2) is 85.3 Å². The van der Waals surface area contributed by atoms with Gasteiger partial charge in [0, 0.05) is 29.8 Å². The highest BCUT2D eigenvalue weighted by Crippen LogP contribution is 2.30. The Hall–Kier alpha value is -3.40. The summed E-state index contributed by atoms with van der Waals surface area (Å²) < 4.78 is 1.90. The molecule has 0 spiro atoms. The predicted octanol–water partition coefficient (Wildman–Crippen LogP) is 4.24. The van der Waals surface area contributed by atoms with E-state index in [-0.39, 0.29) is 0 Å². The van der Waals surface area contributed by atoms with Gasteiger partial charge in [-0.05, 0) is 41.0 Å². The molecule has 4 nitrogen and oxygen atoms in total. The predicted molar refractivity (Wildman–Crippen MR) is 101 cm³/mol. The first kappa shape index (κ1) is 15.1. The van der Waals surface area contributed by atoms with Gasteiger partial charge in [0.1, 0.15) is 0 Å². The average Bonchev–Trinajstić information content (AvgIpc) is 3.12. The third-order valence-electron chi connectivity index (χ3n) is 4.14. The van der Waals surface area contributed by atoms with Gasteiger partial charge in [-0.3, -0.25) is 9.67 Å². The van der Waals surface area contributed by atoms with E-state index in [0.717, 1.165) is 28.1 Å². The SMILES string of the molecule is Nc1ccc(-c2ccccc2)cc1-c1ccn(Cc2cccnc2)n1. The zero-order chi connectivity index (χ0) is 17.1. The molecule has 0 unspecified atom stereocenters. The molecule has 2 N–H and O–H groups in total. The van der Waals surface area contributed by atoms with E-state index in [1.54, 1.807) is 6.20 Å². The maximum Gasteiger partial charge on any atom is 0.0944 e. The van der Waals surface area contributed by atoms with Gasteiger partial charge in [-0.2, -0.15) is 5.10 Å². The Morgan fingerprint density at radius 3 is 2.56 bits per heavy atom. The van der Waals surface area contributed by atoms with E-state index in [4.69, 9.17) is 5.73 Å². The van der Waals surface area contributed by atoms with E-state index in [9.17, 15) is 0 Å². The zero-order valence-corrected chi connectivity index (χ0v) is 13.7. The number of nitrogens with two attached hydrogens (primary N) is 1. The van der Waals surface area contributed by atoms with Crippen molar-refractivity contribution in [2.24, 2.45) is 0 Å². The molecule has 0 radical (unpaired) electrons. The van der Waals surface area contributed by atoms with Gasteiger partial charge in [-0.25, -0.2) is 0 Å². The average molecular weight is 326 g/mol. The molecule has 0 bridgehead atoms. The first-order valence-electron chi connectivity index (χ1n) is 8.17. The minimum absolute atomic E-state index is 0.687. The molecule has 0 saturated carbocycles. The number of nitrogen functional groups attached to an aromatic ring is 1. The van der Waals surface area contributed by atoms with Crippen molar-refractivity contribution >= 4 is 5.69 Å². The molecule has 4 heteroatoms. The summed E-state index contributed by atoms with van der Waals surface area (Å²) in [5.74, 6) is 0. The molecule has 122 valence electrons. The molecular weight excluding hydrogens is 308 g/mol. The Morgan fingerprint density at radius 1 is 0.880 bits per heavy atom. The molecule has 0 aliphatic heterocycles. The standard InChI is InChI=1S/C21H18N4/c22-20-9-8-18(17-6-2-1-3-7-17)13-19(20)21-10-12-25(24-21)15-16-5-4-11-23-14-16/h1-14H,15,22H2. The fourth-order valence-electron chi connectivity index (χ4n) is 2.86. The smallest absolute Gasteiger partial charge is 0.0944 e. The molecule has 2 aromatic heterocycles. The largest absolute Gasteiger partial charge is 0.398 e. The summed E-state index contributed by atoms with van der Waals surface area (Å²) in [5.41, 5.74) is 12.2. The lowest BCUT2D eigenvalue weighted by Gasteiger charge is -2.07. The van der Waals surface area contributed by atoms with E-state index in [2.05, 4.69) is 28.3 Å². The first-order chi connectivity index (χ1) is 12.3. The van der Waals surface area contributed by atoms with Crippen LogP contribution in [0.25, 0.3) is 22.4 Å². The molecule has 4 rings (SSSR count). The minimum Gasteiger partial charge on any atom is -0.398 e. The lowest BCUT2D eigenvalue weighted by molar-refractivity contribution is 0.687. The summed E-state index contributed by atoms with van der Waals surface area (Å²) in [6.45, 7) is 0.687.